The Kier molecular flexibility index (Phi) is 7.48. The van der Waals surface area contributed by atoms with Crippen molar-refractivity contribution in [2.45, 2.75) is 45.2 Å². The van der Waals surface area contributed by atoms with Crippen LogP contribution in [-0.2, 0) is 35.0 Å². The van der Waals surface area contributed by atoms with Crippen molar-refractivity contribution in [2.75, 3.05) is 0 Å². The molecular weight excluding hydrogens is 398 g/mol. The van der Waals surface area contributed by atoms with Gasteiger partial charge in [0.05, 0.1) is 24.3 Å². The molecular formula is C21H20F6O2. The molecule has 0 unspecified atom stereocenters. The largest absolute Gasteiger partial charge is 0.416 e. The van der Waals surface area contributed by atoms with E-state index < -0.39 is 29.8 Å². The summed E-state index contributed by atoms with van der Waals surface area (Å²) in [6.45, 7) is 5.57. The predicted molar refractivity (Wildman–Crippen MR) is 95.7 cm³/mol. The standard InChI is InChI=1S/C21H20F6O2/c1-14(2)11-19(28-12-15-3-7-17(8-4-15)20(22,23)24)29-13-16-5-9-18(10-6-16)21(25,26)27/h3-10,19H,1,11-13H2,2H3. The van der Waals surface area contributed by atoms with Crippen molar-refractivity contribution >= 4 is 0 Å². The molecule has 0 saturated carbocycles. The summed E-state index contributed by atoms with van der Waals surface area (Å²) in [6.07, 6.45) is -9.22. The fourth-order valence-corrected chi connectivity index (χ4v) is 2.41. The van der Waals surface area contributed by atoms with Crippen molar-refractivity contribution < 1.29 is 35.8 Å². The summed E-state index contributed by atoms with van der Waals surface area (Å²) in [5, 5.41) is 0. The molecule has 0 aromatic heterocycles. The van der Waals surface area contributed by atoms with Gasteiger partial charge in [0.15, 0.2) is 6.29 Å². The van der Waals surface area contributed by atoms with E-state index in [1.165, 1.54) is 24.3 Å². The highest BCUT2D eigenvalue weighted by Crippen LogP contribution is 2.30. The Morgan fingerprint density at radius 2 is 1.10 bits per heavy atom. The van der Waals surface area contributed by atoms with Gasteiger partial charge in [-0.15, -0.1) is 0 Å². The zero-order valence-corrected chi connectivity index (χ0v) is 15.6. The normalized spacial score (nSPS) is 12.4. The third kappa shape index (κ3) is 7.55. The number of hydrogen-bond donors (Lipinski definition) is 0. The molecule has 0 aliphatic rings. The van der Waals surface area contributed by atoms with E-state index in [-0.39, 0.29) is 13.2 Å². The van der Waals surface area contributed by atoms with Crippen molar-refractivity contribution in [1.29, 1.82) is 0 Å². The number of rotatable bonds is 8. The van der Waals surface area contributed by atoms with Gasteiger partial charge in [0.2, 0.25) is 0 Å². The zero-order valence-electron chi connectivity index (χ0n) is 15.6. The van der Waals surface area contributed by atoms with E-state index in [1.807, 2.05) is 0 Å². The van der Waals surface area contributed by atoms with E-state index in [4.69, 9.17) is 9.47 Å². The molecule has 0 saturated heterocycles. The smallest absolute Gasteiger partial charge is 0.348 e. The fourth-order valence-electron chi connectivity index (χ4n) is 2.41. The minimum absolute atomic E-state index is 0.0170. The van der Waals surface area contributed by atoms with E-state index in [0.29, 0.717) is 17.5 Å². The van der Waals surface area contributed by atoms with Crippen LogP contribution in [0.15, 0.2) is 60.7 Å². The van der Waals surface area contributed by atoms with Crippen molar-refractivity contribution in [1.82, 2.24) is 0 Å². The lowest BCUT2D eigenvalue weighted by Gasteiger charge is -2.19. The minimum Gasteiger partial charge on any atom is -0.348 e. The maximum absolute atomic E-state index is 12.6. The van der Waals surface area contributed by atoms with Crippen LogP contribution in [0.4, 0.5) is 26.3 Å². The van der Waals surface area contributed by atoms with Crippen LogP contribution in [0.3, 0.4) is 0 Å². The molecule has 0 amide bonds. The van der Waals surface area contributed by atoms with Crippen molar-refractivity contribution in [3.63, 3.8) is 0 Å². The molecule has 0 bridgehead atoms. The van der Waals surface area contributed by atoms with Gasteiger partial charge in [0.25, 0.3) is 0 Å². The highest BCUT2D eigenvalue weighted by Gasteiger charge is 2.30. The van der Waals surface area contributed by atoms with Gasteiger partial charge in [-0.3, -0.25) is 0 Å². The van der Waals surface area contributed by atoms with Gasteiger partial charge in [0, 0.05) is 6.42 Å². The molecule has 2 rings (SSSR count). The molecule has 8 heteroatoms. The second kappa shape index (κ2) is 9.45. The Labute approximate surface area is 164 Å². The molecule has 0 aliphatic carbocycles. The number of hydrogen-bond acceptors (Lipinski definition) is 2. The molecule has 2 aromatic rings. The maximum atomic E-state index is 12.6. The summed E-state index contributed by atoms with van der Waals surface area (Å²) in [4.78, 5) is 0. The third-order valence-electron chi connectivity index (χ3n) is 3.95. The van der Waals surface area contributed by atoms with Crippen LogP contribution in [0.25, 0.3) is 0 Å². The summed E-state index contributed by atoms with van der Waals surface area (Å²) in [7, 11) is 0. The second-order valence-electron chi connectivity index (χ2n) is 6.60. The first-order chi connectivity index (χ1) is 13.4. The zero-order chi connectivity index (χ0) is 21.7. The quantitative estimate of drug-likeness (QED) is 0.268. The SMILES string of the molecule is C=C(C)CC(OCc1ccc(C(F)(F)F)cc1)OCc1ccc(C(F)(F)F)cc1. The van der Waals surface area contributed by atoms with Crippen LogP contribution >= 0.6 is 0 Å². The van der Waals surface area contributed by atoms with E-state index >= 15 is 0 Å². The van der Waals surface area contributed by atoms with Gasteiger partial charge in [0.1, 0.15) is 0 Å². The van der Waals surface area contributed by atoms with Crippen LogP contribution < -0.4 is 0 Å². The van der Waals surface area contributed by atoms with Gasteiger partial charge >= 0.3 is 12.4 Å². The first kappa shape index (κ1) is 23.0. The lowest BCUT2D eigenvalue weighted by molar-refractivity contribution is -0.155. The summed E-state index contributed by atoms with van der Waals surface area (Å²) in [5.41, 5.74) is 0.317. The van der Waals surface area contributed by atoms with Crippen LogP contribution in [0.1, 0.15) is 35.6 Å². The Bertz CT molecular complexity index is 730. The highest BCUT2D eigenvalue weighted by molar-refractivity contribution is 5.25. The van der Waals surface area contributed by atoms with Crippen molar-refractivity contribution in [2.24, 2.45) is 0 Å². The number of halogens is 6. The van der Waals surface area contributed by atoms with Gasteiger partial charge in [-0.25, -0.2) is 0 Å². The van der Waals surface area contributed by atoms with E-state index in [2.05, 4.69) is 6.58 Å². The van der Waals surface area contributed by atoms with Crippen LogP contribution in [-0.4, -0.2) is 6.29 Å². The number of alkyl halides is 6. The Balaban J connectivity index is 1.94. The van der Waals surface area contributed by atoms with E-state index in [1.54, 1.807) is 6.92 Å². The highest BCUT2D eigenvalue weighted by atomic mass is 19.4. The number of ether oxygens (including phenoxy) is 2. The average Bonchev–Trinajstić information content (AvgIpc) is 2.63. The van der Waals surface area contributed by atoms with Gasteiger partial charge in [-0.05, 0) is 42.3 Å². The maximum Gasteiger partial charge on any atom is 0.416 e. The molecule has 0 fully saturated rings. The first-order valence-corrected chi connectivity index (χ1v) is 8.65. The van der Waals surface area contributed by atoms with Crippen molar-refractivity contribution in [3.05, 3.63) is 82.9 Å². The summed E-state index contributed by atoms with van der Waals surface area (Å²) in [5.74, 6) is 0. The predicted octanol–water partition coefficient (Wildman–Crippen LogP) is 6.75. The Morgan fingerprint density at radius 3 is 1.38 bits per heavy atom. The minimum atomic E-state index is -4.41. The molecule has 0 radical (unpaired) electrons. The molecule has 2 nitrogen and oxygen atoms in total. The third-order valence-corrected chi connectivity index (χ3v) is 3.95. The van der Waals surface area contributed by atoms with Crippen LogP contribution in [0.2, 0.25) is 0 Å². The van der Waals surface area contributed by atoms with Crippen LogP contribution in [0.5, 0.6) is 0 Å². The Morgan fingerprint density at radius 1 is 0.759 bits per heavy atom. The lowest BCUT2D eigenvalue weighted by Crippen LogP contribution is -2.18. The van der Waals surface area contributed by atoms with Crippen molar-refractivity contribution in [3.8, 4) is 0 Å². The Hall–Kier alpha value is -2.32. The lowest BCUT2D eigenvalue weighted by atomic mass is 10.1. The number of benzene rings is 2. The average molecular weight is 418 g/mol. The molecule has 158 valence electrons. The van der Waals surface area contributed by atoms with Gasteiger partial charge in [-0.1, -0.05) is 36.4 Å². The van der Waals surface area contributed by atoms with Gasteiger partial charge < -0.3 is 9.47 Å². The monoisotopic (exact) mass is 418 g/mol. The molecule has 29 heavy (non-hydrogen) atoms. The van der Waals surface area contributed by atoms with E-state index in [9.17, 15) is 26.3 Å². The summed E-state index contributed by atoms with van der Waals surface area (Å²) in [6, 6.07) is 9.14. The second-order valence-corrected chi connectivity index (χ2v) is 6.60. The topological polar surface area (TPSA) is 18.5 Å². The first-order valence-electron chi connectivity index (χ1n) is 8.65. The fraction of sp³-hybridized carbons (Fsp3) is 0.333. The van der Waals surface area contributed by atoms with Gasteiger partial charge in [-0.2, -0.15) is 26.3 Å². The molecule has 0 heterocycles. The molecule has 0 aliphatic heterocycles. The summed E-state index contributed by atoms with van der Waals surface area (Å²) >= 11 is 0. The summed E-state index contributed by atoms with van der Waals surface area (Å²) < 4.78 is 86.9. The molecule has 0 atom stereocenters. The van der Waals surface area contributed by atoms with E-state index in [0.717, 1.165) is 29.8 Å². The molecule has 0 N–H and O–H groups in total. The molecule has 2 aromatic carbocycles. The van der Waals surface area contributed by atoms with Crippen LogP contribution in [0, 0.1) is 0 Å². The molecule has 0 spiro atoms.